The van der Waals surface area contributed by atoms with Gasteiger partial charge in [-0.1, -0.05) is 62.4 Å². The molecule has 2 N–H and O–H groups in total. The number of benzene rings is 2. The van der Waals surface area contributed by atoms with Crippen molar-refractivity contribution in [3.05, 3.63) is 77.6 Å². The van der Waals surface area contributed by atoms with E-state index in [-0.39, 0.29) is 11.5 Å². The van der Waals surface area contributed by atoms with Crippen LogP contribution in [0.3, 0.4) is 0 Å². The van der Waals surface area contributed by atoms with E-state index in [4.69, 9.17) is 0 Å². The second kappa shape index (κ2) is 10.0. The number of carbonyl (C=O) groups excluding carboxylic acids is 2. The molecule has 0 spiro atoms. The van der Waals surface area contributed by atoms with Gasteiger partial charge >= 0.3 is 0 Å². The highest BCUT2D eigenvalue weighted by atomic mass is 19.1. The molecule has 2 aromatic carbocycles. The molecule has 2 rings (SSSR count). The summed E-state index contributed by atoms with van der Waals surface area (Å²) in [7, 11) is 0. The molecule has 0 fully saturated rings. The van der Waals surface area contributed by atoms with E-state index < -0.39 is 23.7 Å². The predicted octanol–water partition coefficient (Wildman–Crippen LogP) is 3.40. The standard InChI is InChI=1S/C21H22FN3O2/c1-15(2)19(24-20(26)17-12-6-7-13-18(17)22)21(27)25-23-14-8-11-16-9-4-3-5-10-16/h3-15,19H,1-2H3,(H,24,26)(H,25,27)/b11-8+,23-14+. The number of allylic oxidation sites excluding steroid dienone is 1. The number of nitrogens with one attached hydrogen (secondary N) is 2. The molecule has 5 nitrogen and oxygen atoms in total. The molecule has 0 saturated carbocycles. The molecule has 0 radical (unpaired) electrons. The molecule has 0 aromatic heterocycles. The molecule has 27 heavy (non-hydrogen) atoms. The first-order valence-corrected chi connectivity index (χ1v) is 8.59. The number of nitrogens with zero attached hydrogens (tertiary/aromatic N) is 1. The number of halogens is 1. The summed E-state index contributed by atoms with van der Waals surface area (Å²) in [5.41, 5.74) is 3.29. The second-order valence-corrected chi connectivity index (χ2v) is 6.20. The third kappa shape index (κ3) is 6.18. The summed E-state index contributed by atoms with van der Waals surface area (Å²) < 4.78 is 13.7. The number of hydrogen-bond donors (Lipinski definition) is 2. The van der Waals surface area contributed by atoms with Gasteiger partial charge < -0.3 is 5.32 Å². The lowest BCUT2D eigenvalue weighted by molar-refractivity contribution is -0.123. The van der Waals surface area contributed by atoms with Gasteiger partial charge in [-0.25, -0.2) is 9.82 Å². The van der Waals surface area contributed by atoms with Crippen molar-refractivity contribution < 1.29 is 14.0 Å². The summed E-state index contributed by atoms with van der Waals surface area (Å²) in [6, 6.07) is 14.4. The Bertz CT molecular complexity index is 832. The maximum atomic E-state index is 13.7. The summed E-state index contributed by atoms with van der Waals surface area (Å²) in [5.74, 6) is -1.95. The molecular weight excluding hydrogens is 345 g/mol. The molecule has 0 saturated heterocycles. The molecule has 1 unspecified atom stereocenters. The first-order valence-electron chi connectivity index (χ1n) is 8.59. The Morgan fingerprint density at radius 3 is 2.37 bits per heavy atom. The highest BCUT2D eigenvalue weighted by Crippen LogP contribution is 2.09. The van der Waals surface area contributed by atoms with Crippen LogP contribution in [0.4, 0.5) is 4.39 Å². The highest BCUT2D eigenvalue weighted by molar-refractivity contribution is 5.97. The summed E-state index contributed by atoms with van der Waals surface area (Å²) in [6.45, 7) is 3.57. The smallest absolute Gasteiger partial charge is 0.262 e. The Hall–Kier alpha value is -3.28. The normalized spacial score (nSPS) is 12.4. The SMILES string of the molecule is CC(C)C(NC(=O)c1ccccc1F)C(=O)N/N=C/C=C/c1ccccc1. The lowest BCUT2D eigenvalue weighted by Gasteiger charge is -2.20. The van der Waals surface area contributed by atoms with Crippen molar-refractivity contribution in [1.82, 2.24) is 10.7 Å². The Morgan fingerprint density at radius 2 is 1.70 bits per heavy atom. The fraction of sp³-hybridized carbons (Fsp3) is 0.190. The summed E-state index contributed by atoms with van der Waals surface area (Å²) in [4.78, 5) is 24.5. The highest BCUT2D eigenvalue weighted by Gasteiger charge is 2.25. The zero-order valence-electron chi connectivity index (χ0n) is 15.2. The minimum atomic E-state index is -0.840. The van der Waals surface area contributed by atoms with Gasteiger partial charge in [0.15, 0.2) is 0 Å². The van der Waals surface area contributed by atoms with Crippen molar-refractivity contribution in [2.45, 2.75) is 19.9 Å². The van der Waals surface area contributed by atoms with Crippen LogP contribution in [-0.4, -0.2) is 24.1 Å². The molecule has 0 aliphatic carbocycles. The molecule has 0 bridgehead atoms. The Labute approximate surface area is 158 Å². The maximum absolute atomic E-state index is 13.7. The van der Waals surface area contributed by atoms with Crippen LogP contribution >= 0.6 is 0 Å². The molecular formula is C21H22FN3O2. The number of hydrazone groups is 1. The quantitative estimate of drug-likeness (QED) is 0.582. The van der Waals surface area contributed by atoms with Gasteiger partial charge in [0.2, 0.25) is 0 Å². The van der Waals surface area contributed by atoms with Crippen molar-refractivity contribution in [2.75, 3.05) is 0 Å². The van der Waals surface area contributed by atoms with Gasteiger partial charge in [-0.3, -0.25) is 9.59 Å². The van der Waals surface area contributed by atoms with Crippen molar-refractivity contribution >= 4 is 24.1 Å². The van der Waals surface area contributed by atoms with Gasteiger partial charge in [0.05, 0.1) is 5.56 Å². The maximum Gasteiger partial charge on any atom is 0.262 e. The molecule has 1 atom stereocenters. The van der Waals surface area contributed by atoms with Gasteiger partial charge in [0.25, 0.3) is 11.8 Å². The fourth-order valence-electron chi connectivity index (χ4n) is 2.33. The van der Waals surface area contributed by atoms with E-state index in [0.717, 1.165) is 5.56 Å². The van der Waals surface area contributed by atoms with Crippen LogP contribution in [0.2, 0.25) is 0 Å². The van der Waals surface area contributed by atoms with Crippen LogP contribution in [0.15, 0.2) is 65.8 Å². The van der Waals surface area contributed by atoms with Gasteiger partial charge in [-0.2, -0.15) is 5.10 Å². The molecule has 140 valence electrons. The largest absolute Gasteiger partial charge is 0.340 e. The topological polar surface area (TPSA) is 70.6 Å². The molecule has 0 heterocycles. The average Bonchev–Trinajstić information content (AvgIpc) is 2.66. The summed E-state index contributed by atoms with van der Waals surface area (Å²) in [6.07, 6.45) is 4.98. The van der Waals surface area contributed by atoms with Gasteiger partial charge in [0, 0.05) is 6.21 Å². The molecule has 0 aliphatic heterocycles. The summed E-state index contributed by atoms with van der Waals surface area (Å²) >= 11 is 0. The number of carbonyl (C=O) groups is 2. The predicted molar refractivity (Wildman–Crippen MR) is 105 cm³/mol. The zero-order chi connectivity index (χ0) is 19.6. The molecule has 6 heteroatoms. The van der Waals surface area contributed by atoms with Crippen LogP contribution in [0.1, 0.15) is 29.8 Å². The van der Waals surface area contributed by atoms with E-state index in [0.29, 0.717) is 0 Å². The molecule has 0 aliphatic rings. The van der Waals surface area contributed by atoms with Gasteiger partial charge in [-0.05, 0) is 29.7 Å². The van der Waals surface area contributed by atoms with Crippen LogP contribution < -0.4 is 10.7 Å². The van der Waals surface area contributed by atoms with Gasteiger partial charge in [0.1, 0.15) is 11.9 Å². The van der Waals surface area contributed by atoms with E-state index in [9.17, 15) is 14.0 Å². The van der Waals surface area contributed by atoms with Crippen LogP contribution in [0, 0.1) is 11.7 Å². The zero-order valence-corrected chi connectivity index (χ0v) is 15.2. The van der Waals surface area contributed by atoms with E-state index in [1.54, 1.807) is 26.0 Å². The third-order valence-corrected chi connectivity index (χ3v) is 3.78. The minimum absolute atomic E-state index is 0.106. The minimum Gasteiger partial charge on any atom is -0.340 e. The van der Waals surface area contributed by atoms with E-state index >= 15 is 0 Å². The average molecular weight is 367 g/mol. The van der Waals surface area contributed by atoms with E-state index in [1.807, 2.05) is 36.4 Å². The van der Waals surface area contributed by atoms with Crippen molar-refractivity contribution in [3.8, 4) is 0 Å². The number of amides is 2. The van der Waals surface area contributed by atoms with Crippen molar-refractivity contribution in [3.63, 3.8) is 0 Å². The summed E-state index contributed by atoms with van der Waals surface area (Å²) in [5, 5.41) is 6.41. The number of rotatable bonds is 7. The van der Waals surface area contributed by atoms with Crippen molar-refractivity contribution in [2.24, 2.45) is 11.0 Å². The van der Waals surface area contributed by atoms with Crippen LogP contribution in [-0.2, 0) is 4.79 Å². The first-order chi connectivity index (χ1) is 13.0. The van der Waals surface area contributed by atoms with E-state index in [2.05, 4.69) is 15.8 Å². The monoisotopic (exact) mass is 367 g/mol. The first kappa shape index (κ1) is 20.0. The molecule has 2 amide bonds. The second-order valence-electron chi connectivity index (χ2n) is 6.20. The van der Waals surface area contributed by atoms with E-state index in [1.165, 1.54) is 24.4 Å². The Kier molecular flexibility index (Phi) is 7.43. The Morgan fingerprint density at radius 1 is 1.04 bits per heavy atom. The Balaban J connectivity index is 1.94. The van der Waals surface area contributed by atoms with Crippen LogP contribution in [0.25, 0.3) is 6.08 Å². The lowest BCUT2D eigenvalue weighted by Crippen LogP contribution is -2.48. The van der Waals surface area contributed by atoms with Gasteiger partial charge in [-0.15, -0.1) is 0 Å². The van der Waals surface area contributed by atoms with Crippen molar-refractivity contribution in [1.29, 1.82) is 0 Å². The fourth-order valence-corrected chi connectivity index (χ4v) is 2.33. The van der Waals surface area contributed by atoms with Crippen LogP contribution in [0.5, 0.6) is 0 Å². The number of hydrogen-bond acceptors (Lipinski definition) is 3. The molecule has 2 aromatic rings. The lowest BCUT2D eigenvalue weighted by atomic mass is 10.0. The third-order valence-electron chi connectivity index (χ3n) is 3.78.